The van der Waals surface area contributed by atoms with Gasteiger partial charge in [0.25, 0.3) is 0 Å². The molecule has 0 amide bonds. The van der Waals surface area contributed by atoms with Crippen molar-refractivity contribution in [2.45, 2.75) is 39.0 Å². The topological polar surface area (TPSA) is 22.1 Å². The number of aromatic nitrogens is 1. The fourth-order valence-corrected chi connectivity index (χ4v) is 1.52. The molecule has 78 valence electrons. The maximum absolute atomic E-state index is 5.04. The van der Waals surface area contributed by atoms with Crippen molar-refractivity contribution in [3.8, 4) is 5.88 Å². The highest BCUT2D eigenvalue weighted by atomic mass is 16.5. The molecule has 2 heteroatoms. The van der Waals surface area contributed by atoms with Gasteiger partial charge in [0.2, 0.25) is 5.88 Å². The van der Waals surface area contributed by atoms with Gasteiger partial charge in [-0.05, 0) is 23.8 Å². The Morgan fingerprint density at radius 1 is 1.29 bits per heavy atom. The number of hydrogen-bond donors (Lipinski definition) is 0. The molecule has 1 heterocycles. The van der Waals surface area contributed by atoms with Gasteiger partial charge in [0, 0.05) is 12.3 Å². The van der Waals surface area contributed by atoms with E-state index in [1.807, 2.05) is 12.3 Å². The second-order valence-electron chi connectivity index (χ2n) is 3.86. The zero-order chi connectivity index (χ0) is 10.6. The molecule has 0 atom stereocenters. The highest BCUT2D eigenvalue weighted by molar-refractivity contribution is 5.24. The summed E-state index contributed by atoms with van der Waals surface area (Å²) >= 11 is 0. The smallest absolute Gasteiger partial charge is 0.212 e. The first-order valence-electron chi connectivity index (χ1n) is 5.16. The fourth-order valence-electron chi connectivity index (χ4n) is 1.52. The van der Waals surface area contributed by atoms with Gasteiger partial charge in [-0.25, -0.2) is 4.98 Å². The van der Waals surface area contributed by atoms with Gasteiger partial charge >= 0.3 is 0 Å². The van der Waals surface area contributed by atoms with E-state index >= 15 is 0 Å². The summed E-state index contributed by atoms with van der Waals surface area (Å²) in [4.78, 5) is 4.24. The number of nitrogens with zero attached hydrogens (tertiary/aromatic N) is 1. The third-order valence-electron chi connectivity index (χ3n) is 3.20. The van der Waals surface area contributed by atoms with Gasteiger partial charge in [0.1, 0.15) is 0 Å². The van der Waals surface area contributed by atoms with Crippen LogP contribution < -0.4 is 4.74 Å². The molecule has 0 saturated carbocycles. The second kappa shape index (κ2) is 4.45. The highest BCUT2D eigenvalue weighted by Gasteiger charge is 2.22. The van der Waals surface area contributed by atoms with Gasteiger partial charge < -0.3 is 4.74 Å². The molecule has 0 spiro atoms. The average Bonchev–Trinajstić information content (AvgIpc) is 2.28. The Bertz CT molecular complexity index is 275. The van der Waals surface area contributed by atoms with Crippen molar-refractivity contribution in [2.24, 2.45) is 0 Å². The van der Waals surface area contributed by atoms with Gasteiger partial charge in [0.05, 0.1) is 7.11 Å². The Morgan fingerprint density at radius 3 is 2.29 bits per heavy atom. The molecule has 0 bridgehead atoms. The fraction of sp³-hybridized carbons (Fsp3) is 0.583. The van der Waals surface area contributed by atoms with Crippen LogP contribution in [0.4, 0.5) is 0 Å². The summed E-state index contributed by atoms with van der Waals surface area (Å²) < 4.78 is 5.04. The van der Waals surface area contributed by atoms with Crippen LogP contribution in [-0.2, 0) is 5.41 Å². The Balaban J connectivity index is 2.95. The summed E-state index contributed by atoms with van der Waals surface area (Å²) in [6.07, 6.45) is 4.20. The van der Waals surface area contributed by atoms with Crippen LogP contribution >= 0.6 is 0 Å². The van der Waals surface area contributed by atoms with Crippen LogP contribution in [0.3, 0.4) is 0 Å². The van der Waals surface area contributed by atoms with Gasteiger partial charge in [0.15, 0.2) is 0 Å². The van der Waals surface area contributed by atoms with Crippen molar-refractivity contribution in [2.75, 3.05) is 7.11 Å². The summed E-state index contributed by atoms with van der Waals surface area (Å²) in [6, 6.07) is 4.04. The number of hydrogen-bond acceptors (Lipinski definition) is 2. The molecule has 0 saturated heterocycles. The molecule has 1 aromatic rings. The summed E-state index contributed by atoms with van der Waals surface area (Å²) in [6.45, 7) is 6.71. The lowest BCUT2D eigenvalue weighted by Crippen LogP contribution is -2.19. The highest BCUT2D eigenvalue weighted by Crippen LogP contribution is 2.30. The van der Waals surface area contributed by atoms with Crippen LogP contribution in [0.25, 0.3) is 0 Å². The molecule has 0 unspecified atom stereocenters. The standard InChI is InChI=1S/C12H19NO/c1-5-12(3,6-2)10-7-8-11(14-4)13-9-10/h7-9H,5-6H2,1-4H3. The molecule has 0 radical (unpaired) electrons. The van der Waals surface area contributed by atoms with E-state index in [9.17, 15) is 0 Å². The monoisotopic (exact) mass is 193 g/mol. The third kappa shape index (κ3) is 2.06. The Labute approximate surface area is 86.3 Å². The molecule has 0 aliphatic rings. The lowest BCUT2D eigenvalue weighted by atomic mass is 9.79. The molecule has 1 aromatic heterocycles. The van der Waals surface area contributed by atoms with E-state index < -0.39 is 0 Å². The van der Waals surface area contributed by atoms with Gasteiger partial charge in [-0.2, -0.15) is 0 Å². The van der Waals surface area contributed by atoms with E-state index in [-0.39, 0.29) is 5.41 Å². The molecule has 14 heavy (non-hydrogen) atoms. The largest absolute Gasteiger partial charge is 0.481 e. The number of pyridine rings is 1. The Kier molecular flexibility index (Phi) is 3.50. The molecular weight excluding hydrogens is 174 g/mol. The third-order valence-corrected chi connectivity index (χ3v) is 3.20. The van der Waals surface area contributed by atoms with E-state index in [0.717, 1.165) is 12.8 Å². The maximum atomic E-state index is 5.04. The molecule has 0 N–H and O–H groups in total. The predicted octanol–water partition coefficient (Wildman–Crippen LogP) is 3.17. The minimum absolute atomic E-state index is 0.249. The SMILES string of the molecule is CCC(C)(CC)c1ccc(OC)nc1. The maximum Gasteiger partial charge on any atom is 0.212 e. The summed E-state index contributed by atoms with van der Waals surface area (Å²) in [5.41, 5.74) is 1.54. The summed E-state index contributed by atoms with van der Waals surface area (Å²) in [5.74, 6) is 0.684. The van der Waals surface area contributed by atoms with E-state index in [2.05, 4.69) is 31.8 Å². The number of methoxy groups -OCH3 is 1. The van der Waals surface area contributed by atoms with E-state index in [1.54, 1.807) is 7.11 Å². The van der Waals surface area contributed by atoms with Crippen molar-refractivity contribution in [1.29, 1.82) is 0 Å². The molecular formula is C12H19NO. The van der Waals surface area contributed by atoms with Gasteiger partial charge in [-0.1, -0.05) is 26.8 Å². The van der Waals surface area contributed by atoms with Crippen molar-refractivity contribution < 1.29 is 4.74 Å². The van der Waals surface area contributed by atoms with Crippen LogP contribution in [-0.4, -0.2) is 12.1 Å². The van der Waals surface area contributed by atoms with Gasteiger partial charge in [-0.3, -0.25) is 0 Å². The van der Waals surface area contributed by atoms with Crippen molar-refractivity contribution in [3.05, 3.63) is 23.9 Å². The van der Waals surface area contributed by atoms with E-state index in [0.29, 0.717) is 5.88 Å². The number of rotatable bonds is 4. The minimum atomic E-state index is 0.249. The van der Waals surface area contributed by atoms with E-state index in [1.165, 1.54) is 5.56 Å². The molecule has 0 aliphatic heterocycles. The molecule has 0 fully saturated rings. The molecule has 0 aliphatic carbocycles. The lowest BCUT2D eigenvalue weighted by Gasteiger charge is -2.26. The zero-order valence-electron chi connectivity index (χ0n) is 9.50. The van der Waals surface area contributed by atoms with Crippen LogP contribution in [0, 0.1) is 0 Å². The molecule has 0 aromatic carbocycles. The Morgan fingerprint density at radius 2 is 1.93 bits per heavy atom. The molecule has 1 rings (SSSR count). The second-order valence-corrected chi connectivity index (χ2v) is 3.86. The van der Waals surface area contributed by atoms with Crippen molar-refractivity contribution in [1.82, 2.24) is 4.98 Å². The normalized spacial score (nSPS) is 11.4. The van der Waals surface area contributed by atoms with Crippen LogP contribution in [0.15, 0.2) is 18.3 Å². The van der Waals surface area contributed by atoms with Crippen LogP contribution in [0.5, 0.6) is 5.88 Å². The average molecular weight is 193 g/mol. The summed E-state index contributed by atoms with van der Waals surface area (Å²) in [5, 5.41) is 0. The first kappa shape index (κ1) is 11.0. The first-order valence-corrected chi connectivity index (χ1v) is 5.16. The van der Waals surface area contributed by atoms with Crippen molar-refractivity contribution in [3.63, 3.8) is 0 Å². The summed E-state index contributed by atoms with van der Waals surface area (Å²) in [7, 11) is 1.64. The zero-order valence-corrected chi connectivity index (χ0v) is 9.50. The quantitative estimate of drug-likeness (QED) is 0.732. The van der Waals surface area contributed by atoms with E-state index in [4.69, 9.17) is 4.74 Å². The van der Waals surface area contributed by atoms with Crippen molar-refractivity contribution >= 4 is 0 Å². The molecule has 2 nitrogen and oxygen atoms in total. The van der Waals surface area contributed by atoms with Crippen LogP contribution in [0.2, 0.25) is 0 Å². The lowest BCUT2D eigenvalue weighted by molar-refractivity contribution is 0.393. The van der Waals surface area contributed by atoms with Crippen LogP contribution in [0.1, 0.15) is 39.2 Å². The number of ether oxygens (including phenoxy) is 1. The van der Waals surface area contributed by atoms with Gasteiger partial charge in [-0.15, -0.1) is 0 Å². The first-order chi connectivity index (χ1) is 6.66. The predicted molar refractivity (Wildman–Crippen MR) is 58.7 cm³/mol. The Hall–Kier alpha value is -1.05. The minimum Gasteiger partial charge on any atom is -0.481 e.